The monoisotopic (exact) mass is 1130 g/mol. The van der Waals surface area contributed by atoms with Crippen LogP contribution in [0.2, 0.25) is 0 Å². The Kier molecular flexibility index (Phi) is 27.1. The molecule has 17 N–H and O–H groups in total. The Hall–Kier alpha value is -5.94. The van der Waals surface area contributed by atoms with Crippen LogP contribution in [0.5, 0.6) is 5.75 Å². The minimum atomic E-state index is -1.57. The summed E-state index contributed by atoms with van der Waals surface area (Å²) in [7, 11) is 0. The lowest BCUT2D eigenvalue weighted by atomic mass is 9.89. The molecule has 6 amide bonds. The second-order valence-corrected chi connectivity index (χ2v) is 18.8. The molecule has 8 unspecified atom stereocenters. The van der Waals surface area contributed by atoms with Crippen LogP contribution in [0, 0.1) is 34.6 Å². The number of carbonyl (C=O) groups is 6. The third-order valence-electron chi connectivity index (χ3n) is 12.6. The first-order valence-electron chi connectivity index (χ1n) is 24.9. The topological polar surface area (TPSA) is 471 Å². The van der Waals surface area contributed by atoms with Crippen LogP contribution >= 0.6 is 0 Å². The van der Waals surface area contributed by atoms with Crippen molar-refractivity contribution in [2.24, 2.45) is 0 Å². The molecule has 8 atom stereocenters. The van der Waals surface area contributed by atoms with Crippen molar-refractivity contribution in [1.29, 1.82) is 0 Å². The molecule has 0 spiro atoms. The molecule has 30 heteroatoms. The minimum absolute atomic E-state index is 0.0199. The molecule has 0 bridgehead atoms. The fourth-order valence-electron chi connectivity index (χ4n) is 8.73. The molecule has 2 aromatic rings. The lowest BCUT2D eigenvalue weighted by Gasteiger charge is -2.31. The van der Waals surface area contributed by atoms with E-state index in [1.165, 1.54) is 34.6 Å². The molecule has 0 saturated heterocycles. The van der Waals surface area contributed by atoms with Crippen molar-refractivity contribution in [3.63, 3.8) is 0 Å². The summed E-state index contributed by atoms with van der Waals surface area (Å²) in [6.07, 6.45) is -14.6. The second kappa shape index (κ2) is 31.7. The van der Waals surface area contributed by atoms with Crippen molar-refractivity contribution >= 4 is 47.2 Å². The van der Waals surface area contributed by atoms with Crippen LogP contribution in [0.4, 0.5) is 21.0 Å². The third kappa shape index (κ3) is 17.8. The van der Waals surface area contributed by atoms with Gasteiger partial charge < -0.3 is 110 Å². The minimum Gasteiger partial charge on any atom is -0.484 e. The zero-order valence-corrected chi connectivity index (χ0v) is 44.5. The Balaban J connectivity index is 2.08. The summed E-state index contributed by atoms with van der Waals surface area (Å²) < 4.78 is 16.7. The van der Waals surface area contributed by atoms with E-state index in [9.17, 15) is 105 Å². The van der Waals surface area contributed by atoms with Gasteiger partial charge in [0.15, 0.2) is 0 Å². The summed E-state index contributed by atoms with van der Waals surface area (Å²) in [5.74, 6) is -4.33. The van der Waals surface area contributed by atoms with E-state index in [-0.39, 0.29) is 62.4 Å². The average Bonchev–Trinajstić information content (AvgIpc) is 3.72. The fourth-order valence-corrected chi connectivity index (χ4v) is 8.73. The molecule has 1 aliphatic rings. The van der Waals surface area contributed by atoms with Gasteiger partial charge in [-0.05, 0) is 62.4 Å². The van der Waals surface area contributed by atoms with Crippen molar-refractivity contribution < 1.29 is 120 Å². The number of benzene rings is 2. The van der Waals surface area contributed by atoms with E-state index in [0.717, 1.165) is 19.6 Å². The third-order valence-corrected chi connectivity index (χ3v) is 12.6. The van der Waals surface area contributed by atoms with Crippen molar-refractivity contribution in [3.05, 3.63) is 50.1 Å². The van der Waals surface area contributed by atoms with Gasteiger partial charge in [-0.3, -0.25) is 29.8 Å². The molecule has 0 fully saturated rings. The van der Waals surface area contributed by atoms with Gasteiger partial charge in [-0.25, -0.2) is 9.59 Å². The van der Waals surface area contributed by atoms with Crippen LogP contribution in [0.15, 0.2) is 0 Å². The van der Waals surface area contributed by atoms with Crippen LogP contribution < -0.4 is 15.4 Å². The Labute approximate surface area is 453 Å². The maximum atomic E-state index is 14.5. The molecular formula is C49H76N6O24. The number of aliphatic hydroxyl groups is 15. The van der Waals surface area contributed by atoms with E-state index in [1.54, 1.807) is 0 Å². The van der Waals surface area contributed by atoms with Crippen molar-refractivity contribution in [1.82, 2.24) is 19.6 Å². The molecule has 0 aromatic heterocycles. The summed E-state index contributed by atoms with van der Waals surface area (Å²) in [4.78, 5) is 88.5. The molecule has 0 saturated carbocycles. The highest BCUT2D eigenvalue weighted by Gasteiger charge is 2.39. The molecule has 1 heterocycles. The van der Waals surface area contributed by atoms with E-state index in [2.05, 4.69) is 10.6 Å². The molecule has 446 valence electrons. The SMILES string of the molecule is Cc1c(NC(=O)OCCOC(=O)Nc2c(C)c(C(=O)N(CC(O)CO)CC(O)CO)c3c(c2C)C(=O)N(CC(O)CO)CC(CO)O3)c(C)c(C(=O)N(CC(O)CO)CC(O)CO)c(C)c1C(=O)N(CC(O)CO)CC(O)CO. The number of ether oxygens (including phenoxy) is 3. The quantitative estimate of drug-likeness (QED) is 0.0324. The van der Waals surface area contributed by atoms with E-state index in [4.69, 9.17) is 14.2 Å². The number of hydrogen-bond acceptors (Lipinski definition) is 24. The van der Waals surface area contributed by atoms with E-state index < -0.39 is 208 Å². The molecular weight excluding hydrogens is 1060 g/mol. The molecule has 0 radical (unpaired) electrons. The zero-order chi connectivity index (χ0) is 59.6. The van der Waals surface area contributed by atoms with Crippen LogP contribution in [-0.4, -0.2) is 299 Å². The van der Waals surface area contributed by atoms with E-state index >= 15 is 0 Å². The van der Waals surface area contributed by atoms with Gasteiger partial charge in [-0.2, -0.15) is 0 Å². The van der Waals surface area contributed by atoms with Crippen LogP contribution in [0.3, 0.4) is 0 Å². The fraction of sp³-hybridized carbons (Fsp3) is 0.633. The first kappa shape index (κ1) is 67.3. The van der Waals surface area contributed by atoms with Gasteiger partial charge in [-0.1, -0.05) is 0 Å². The highest BCUT2D eigenvalue weighted by molar-refractivity contribution is 6.10. The summed E-state index contributed by atoms with van der Waals surface area (Å²) in [6.45, 7) is -5.70. The number of nitrogens with zero attached hydrogens (tertiary/aromatic N) is 4. The van der Waals surface area contributed by atoms with Crippen LogP contribution in [-0.2, 0) is 9.47 Å². The smallest absolute Gasteiger partial charge is 0.411 e. The molecule has 1 aliphatic heterocycles. The first-order valence-corrected chi connectivity index (χ1v) is 24.9. The van der Waals surface area contributed by atoms with Gasteiger partial charge in [-0.15, -0.1) is 0 Å². The predicted molar refractivity (Wildman–Crippen MR) is 273 cm³/mol. The molecule has 79 heavy (non-hydrogen) atoms. The maximum Gasteiger partial charge on any atom is 0.411 e. The number of β-amino-alcohol motifs (C(OH)–C–C–N with tert-alkyl or cyclic N) is 1. The normalized spacial score (nSPS) is 16.0. The summed E-state index contributed by atoms with van der Waals surface area (Å²) in [6, 6.07) is 0. The number of aliphatic hydroxyl groups excluding tert-OH is 15. The average molecular weight is 1130 g/mol. The number of carbonyl (C=O) groups excluding carboxylic acids is 6. The lowest BCUT2D eigenvalue weighted by Crippen LogP contribution is -2.45. The standard InChI is InChI=1S/C49H76N6O24/c1-24-37(44(71)52(8-29(64)16-56)9-30(65)17-57)25(2)41(26(3)38(24)45(72)53(10-31(66)18-58)11-32(67)19-59)50-48(75)77-6-7-78-49(76)51-42-27(4)39(46(73)54(12-33(68)20-60)13-34(69)21-61)43-40(28(42)5)47(74)55(14-35(70)22-62)15-36(23-63)79-43/h29-36,56-70H,6-23H2,1-5H3,(H,50,75)(H,51,76). The summed E-state index contributed by atoms with van der Waals surface area (Å²) >= 11 is 0. The maximum absolute atomic E-state index is 14.5. The van der Waals surface area contributed by atoms with Gasteiger partial charge in [0.05, 0.1) is 125 Å². The Morgan fingerprint density at radius 3 is 1.15 bits per heavy atom. The van der Waals surface area contributed by atoms with Gasteiger partial charge in [0.2, 0.25) is 0 Å². The van der Waals surface area contributed by atoms with Crippen molar-refractivity contribution in [3.8, 4) is 5.75 Å². The Morgan fingerprint density at radius 2 is 0.823 bits per heavy atom. The number of amides is 6. The number of nitrogens with one attached hydrogen (secondary N) is 2. The number of hydrogen-bond donors (Lipinski definition) is 17. The number of fused-ring (bicyclic) bond motifs is 1. The van der Waals surface area contributed by atoms with Crippen LogP contribution in [0.25, 0.3) is 0 Å². The lowest BCUT2D eigenvalue weighted by molar-refractivity contribution is 0.0202. The predicted octanol–water partition coefficient (Wildman–Crippen LogP) is -5.98. The summed E-state index contributed by atoms with van der Waals surface area (Å²) in [5.41, 5.74) is -2.12. The zero-order valence-electron chi connectivity index (χ0n) is 44.5. The van der Waals surface area contributed by atoms with Gasteiger partial charge in [0.25, 0.3) is 23.6 Å². The van der Waals surface area contributed by atoms with Crippen LogP contribution in [0.1, 0.15) is 69.2 Å². The molecule has 0 aliphatic carbocycles. The van der Waals surface area contributed by atoms with Crippen molar-refractivity contribution in [2.45, 2.75) is 83.5 Å². The molecule has 3 rings (SSSR count). The first-order chi connectivity index (χ1) is 37.3. The van der Waals surface area contributed by atoms with Gasteiger partial charge >= 0.3 is 12.2 Å². The largest absolute Gasteiger partial charge is 0.484 e. The number of anilines is 2. The molecule has 2 aromatic carbocycles. The van der Waals surface area contributed by atoms with Crippen molar-refractivity contribution in [2.75, 3.05) is 129 Å². The molecule has 30 nitrogen and oxygen atoms in total. The second-order valence-electron chi connectivity index (χ2n) is 18.8. The van der Waals surface area contributed by atoms with E-state index in [1.807, 2.05) is 0 Å². The Morgan fingerprint density at radius 1 is 0.506 bits per heavy atom. The highest BCUT2D eigenvalue weighted by atomic mass is 16.6. The highest BCUT2D eigenvalue weighted by Crippen LogP contribution is 2.41. The van der Waals surface area contributed by atoms with Gasteiger partial charge in [0.1, 0.15) is 25.1 Å². The van der Waals surface area contributed by atoms with Gasteiger partial charge in [0, 0.05) is 56.9 Å². The van der Waals surface area contributed by atoms with E-state index in [0.29, 0.717) is 0 Å². The Bertz CT molecular complexity index is 2310. The number of rotatable bonds is 30. The summed E-state index contributed by atoms with van der Waals surface area (Å²) in [5, 5.41) is 155.